The number of nitrogens with one attached hydrogen (secondary N) is 1. The number of thioether (sulfide) groups is 1. The fourth-order valence-electron chi connectivity index (χ4n) is 1.70. The van der Waals surface area contributed by atoms with Crippen LogP contribution in [0, 0.1) is 10.1 Å². The van der Waals surface area contributed by atoms with Crippen molar-refractivity contribution in [3.05, 3.63) is 38.9 Å². The predicted molar refractivity (Wildman–Crippen MR) is 79.4 cm³/mol. The largest absolute Gasteiger partial charge is 0.395 e. The third-order valence-electron chi connectivity index (χ3n) is 2.81. The summed E-state index contributed by atoms with van der Waals surface area (Å²) in [6, 6.07) is 3.85. The van der Waals surface area contributed by atoms with E-state index >= 15 is 0 Å². The van der Waals surface area contributed by atoms with Crippen LogP contribution >= 0.6 is 23.4 Å². The highest BCUT2D eigenvalue weighted by atomic mass is 35.5. The summed E-state index contributed by atoms with van der Waals surface area (Å²) in [5.74, 6) is -0.584. The van der Waals surface area contributed by atoms with E-state index in [1.165, 1.54) is 30.0 Å². The molecule has 0 aromatic heterocycles. The van der Waals surface area contributed by atoms with Gasteiger partial charge in [0, 0.05) is 11.3 Å². The highest BCUT2D eigenvalue weighted by Gasteiger charge is 2.26. The summed E-state index contributed by atoms with van der Waals surface area (Å²) < 4.78 is 0. The zero-order valence-electron chi connectivity index (χ0n) is 11.0. The van der Waals surface area contributed by atoms with Gasteiger partial charge in [-0.1, -0.05) is 17.7 Å². The van der Waals surface area contributed by atoms with Crippen molar-refractivity contribution in [1.82, 2.24) is 5.32 Å². The number of aliphatic hydroxyl groups excluding tert-OH is 1. The Bertz CT molecular complexity index is 508. The smallest absolute Gasteiger partial charge is 0.300 e. The summed E-state index contributed by atoms with van der Waals surface area (Å²) in [7, 11) is 0. The predicted octanol–water partition coefficient (Wildman–Crippen LogP) is 2.09. The number of hydrogen-bond donors (Lipinski definition) is 2. The topological polar surface area (TPSA) is 92.5 Å². The number of hydrogen-bond acceptors (Lipinski definition) is 5. The van der Waals surface area contributed by atoms with Gasteiger partial charge >= 0.3 is 5.69 Å². The van der Waals surface area contributed by atoms with E-state index in [1.807, 2.05) is 6.26 Å². The van der Waals surface area contributed by atoms with E-state index in [0.717, 1.165) is 0 Å². The molecule has 0 aliphatic heterocycles. The van der Waals surface area contributed by atoms with Crippen molar-refractivity contribution >= 4 is 35.0 Å². The van der Waals surface area contributed by atoms with Gasteiger partial charge in [0.05, 0.1) is 11.5 Å². The zero-order chi connectivity index (χ0) is 15.3. The average molecular weight is 319 g/mol. The van der Waals surface area contributed by atoms with E-state index in [2.05, 4.69) is 5.32 Å². The molecule has 6 nitrogen and oxygen atoms in total. The molecule has 0 saturated carbocycles. The molecule has 110 valence electrons. The molecule has 0 fully saturated rings. The van der Waals surface area contributed by atoms with Crippen LogP contribution in [-0.4, -0.2) is 40.1 Å². The van der Waals surface area contributed by atoms with Gasteiger partial charge in [0.1, 0.15) is 10.6 Å². The maximum absolute atomic E-state index is 12.1. The molecule has 0 saturated heterocycles. The number of halogens is 1. The summed E-state index contributed by atoms with van der Waals surface area (Å²) in [4.78, 5) is 22.4. The minimum atomic E-state index is -0.681. The molecule has 0 heterocycles. The fraction of sp³-hybridized carbons (Fsp3) is 0.417. The van der Waals surface area contributed by atoms with Gasteiger partial charge in [0.15, 0.2) is 0 Å². The molecular weight excluding hydrogens is 304 g/mol. The second-order valence-electron chi connectivity index (χ2n) is 4.11. The number of nitro groups is 1. The Kier molecular flexibility index (Phi) is 6.25. The second-order valence-corrected chi connectivity index (χ2v) is 5.60. The molecule has 0 aliphatic rings. The van der Waals surface area contributed by atoms with Gasteiger partial charge in [0.25, 0.3) is 5.91 Å². The Hall–Kier alpha value is -1.31. The molecule has 0 aliphatic carbocycles. The Morgan fingerprint density at radius 2 is 2.25 bits per heavy atom. The summed E-state index contributed by atoms with van der Waals surface area (Å²) in [5.41, 5.74) is -0.504. The van der Waals surface area contributed by atoms with Gasteiger partial charge in [0.2, 0.25) is 0 Å². The molecule has 2 N–H and O–H groups in total. The van der Waals surface area contributed by atoms with Crippen LogP contribution in [0.4, 0.5) is 5.69 Å². The van der Waals surface area contributed by atoms with E-state index in [4.69, 9.17) is 16.7 Å². The van der Waals surface area contributed by atoms with Gasteiger partial charge < -0.3 is 10.4 Å². The molecule has 1 rings (SSSR count). The minimum Gasteiger partial charge on any atom is -0.395 e. The van der Waals surface area contributed by atoms with Crippen LogP contribution in [0.5, 0.6) is 0 Å². The number of para-hydroxylation sites is 1. The van der Waals surface area contributed by atoms with Gasteiger partial charge in [-0.05, 0) is 25.3 Å². The number of carbonyl (C=O) groups is 1. The number of rotatable bonds is 6. The molecule has 1 amide bonds. The lowest BCUT2D eigenvalue weighted by Crippen LogP contribution is -2.41. The molecule has 20 heavy (non-hydrogen) atoms. The number of benzene rings is 1. The Morgan fingerprint density at radius 3 is 2.75 bits per heavy atom. The van der Waals surface area contributed by atoms with Crippen LogP contribution in [0.25, 0.3) is 0 Å². The van der Waals surface area contributed by atoms with Crippen molar-refractivity contribution in [2.75, 3.05) is 12.9 Å². The number of aliphatic hydroxyl groups is 1. The van der Waals surface area contributed by atoms with Gasteiger partial charge in [-0.3, -0.25) is 14.9 Å². The van der Waals surface area contributed by atoms with Crippen molar-refractivity contribution in [2.24, 2.45) is 0 Å². The first kappa shape index (κ1) is 16.7. The highest BCUT2D eigenvalue weighted by molar-refractivity contribution is 7.99. The first-order chi connectivity index (χ1) is 9.42. The SMILES string of the molecule is CSC(CO)C(C)NC(=O)c1cccc(Cl)c1[N+](=O)[O-]. The highest BCUT2D eigenvalue weighted by Crippen LogP contribution is 2.28. The Balaban J connectivity index is 2.99. The first-order valence-corrected chi connectivity index (χ1v) is 7.46. The third kappa shape index (κ3) is 3.84. The molecule has 0 bridgehead atoms. The van der Waals surface area contributed by atoms with Crippen LogP contribution in [0.1, 0.15) is 17.3 Å². The van der Waals surface area contributed by atoms with E-state index in [1.54, 1.807) is 6.92 Å². The average Bonchev–Trinajstić information content (AvgIpc) is 2.39. The summed E-state index contributed by atoms with van der Waals surface area (Å²) in [6.07, 6.45) is 1.81. The monoisotopic (exact) mass is 318 g/mol. The maximum Gasteiger partial charge on any atom is 0.300 e. The fourth-order valence-corrected chi connectivity index (χ4v) is 2.57. The van der Waals surface area contributed by atoms with Crippen molar-refractivity contribution in [3.63, 3.8) is 0 Å². The summed E-state index contributed by atoms with van der Waals surface area (Å²) in [6.45, 7) is 1.63. The van der Waals surface area contributed by atoms with Crippen molar-refractivity contribution < 1.29 is 14.8 Å². The molecule has 1 aromatic rings. The first-order valence-electron chi connectivity index (χ1n) is 5.79. The van der Waals surface area contributed by atoms with Crippen LogP contribution in [-0.2, 0) is 0 Å². The maximum atomic E-state index is 12.1. The van der Waals surface area contributed by atoms with Crippen LogP contribution in [0.3, 0.4) is 0 Å². The second kappa shape index (κ2) is 7.47. The number of carbonyl (C=O) groups excluding carboxylic acids is 1. The van der Waals surface area contributed by atoms with E-state index in [9.17, 15) is 14.9 Å². The Labute approximate surface area is 125 Å². The van der Waals surface area contributed by atoms with Crippen LogP contribution in [0.2, 0.25) is 5.02 Å². The Morgan fingerprint density at radius 1 is 1.60 bits per heavy atom. The lowest BCUT2D eigenvalue weighted by Gasteiger charge is -2.21. The van der Waals surface area contributed by atoms with E-state index < -0.39 is 16.5 Å². The molecule has 1 aromatic carbocycles. The van der Waals surface area contributed by atoms with Crippen molar-refractivity contribution in [2.45, 2.75) is 18.2 Å². The van der Waals surface area contributed by atoms with Crippen LogP contribution < -0.4 is 5.32 Å². The lowest BCUT2D eigenvalue weighted by molar-refractivity contribution is -0.385. The quantitative estimate of drug-likeness (QED) is 0.619. The van der Waals surface area contributed by atoms with Gasteiger partial charge in [-0.2, -0.15) is 11.8 Å². The van der Waals surface area contributed by atoms with Gasteiger partial charge in [-0.15, -0.1) is 0 Å². The third-order valence-corrected chi connectivity index (χ3v) is 4.28. The van der Waals surface area contributed by atoms with E-state index in [0.29, 0.717) is 0 Å². The van der Waals surface area contributed by atoms with Crippen molar-refractivity contribution in [3.8, 4) is 0 Å². The lowest BCUT2D eigenvalue weighted by atomic mass is 10.1. The molecule has 0 radical (unpaired) electrons. The standard InChI is InChI=1S/C12H15ClN2O4S/c1-7(10(6-16)20-2)14-12(17)8-4-3-5-9(13)11(8)15(18)19/h3-5,7,10,16H,6H2,1-2H3,(H,14,17). The van der Waals surface area contributed by atoms with Crippen LogP contribution in [0.15, 0.2) is 18.2 Å². The number of nitrogens with zero attached hydrogens (tertiary/aromatic N) is 1. The summed E-state index contributed by atoms with van der Waals surface area (Å²) >= 11 is 7.16. The summed E-state index contributed by atoms with van der Waals surface area (Å²) in [5, 5.41) is 22.5. The molecular formula is C12H15ClN2O4S. The molecule has 2 atom stereocenters. The normalized spacial score (nSPS) is 13.6. The number of amides is 1. The molecule has 0 spiro atoms. The van der Waals surface area contributed by atoms with E-state index in [-0.39, 0.29) is 28.5 Å². The molecule has 8 heteroatoms. The molecule has 2 unspecified atom stereocenters. The number of nitro benzene ring substituents is 1. The zero-order valence-corrected chi connectivity index (χ0v) is 12.6. The minimum absolute atomic E-state index is 0.0844. The van der Waals surface area contributed by atoms with Gasteiger partial charge in [-0.25, -0.2) is 0 Å². The van der Waals surface area contributed by atoms with Crippen molar-refractivity contribution in [1.29, 1.82) is 0 Å².